The van der Waals surface area contributed by atoms with Crippen molar-refractivity contribution in [1.82, 2.24) is 0 Å². The van der Waals surface area contributed by atoms with E-state index in [4.69, 9.17) is 10.2 Å². The lowest BCUT2D eigenvalue weighted by Crippen LogP contribution is -2.21. The van der Waals surface area contributed by atoms with E-state index < -0.39 is 36.2 Å². The summed E-state index contributed by atoms with van der Waals surface area (Å²) in [7, 11) is 0. The number of carboxylic acid groups (broad SMARTS) is 1. The van der Waals surface area contributed by atoms with Gasteiger partial charge in [0.05, 0.1) is 12.5 Å². The van der Waals surface area contributed by atoms with Gasteiger partial charge in [-0.15, -0.1) is 0 Å². The molecule has 0 aromatic heterocycles. The zero-order valence-corrected chi connectivity index (χ0v) is 8.17. The Balaban J connectivity index is 2.86. The molecule has 0 spiro atoms. The number of hydrogen-bond donors (Lipinski definition) is 4. The lowest BCUT2D eigenvalue weighted by atomic mass is 10.0. The average molecular weight is 230 g/mol. The Labute approximate surface area is 90.4 Å². The van der Waals surface area contributed by atoms with Gasteiger partial charge in [-0.25, -0.2) is 4.39 Å². The molecule has 0 heterocycles. The number of carboxylic acids is 1. The first kappa shape index (κ1) is 12.4. The van der Waals surface area contributed by atoms with Crippen molar-refractivity contribution in [2.24, 2.45) is 0 Å². The van der Waals surface area contributed by atoms with Crippen LogP contribution in [0.15, 0.2) is 18.2 Å². The molecule has 1 rings (SSSR count). The van der Waals surface area contributed by atoms with Crippen LogP contribution in [0.4, 0.5) is 4.39 Å². The summed E-state index contributed by atoms with van der Waals surface area (Å²) in [6, 6.07) is 2.80. The minimum atomic E-state index is -1.56. The standard InChI is InChI=1S/C10H11FO5/c11-6-1-5(2-7(12)3-6)10(16)8(13)4-9(14)15/h1-3,8,10,12-13,16H,4H2,(H,14,15). The maximum Gasteiger partial charge on any atom is 0.306 e. The smallest absolute Gasteiger partial charge is 0.306 e. The molecule has 0 aliphatic heterocycles. The molecular formula is C10H11FO5. The Morgan fingerprint density at radius 1 is 1.31 bits per heavy atom. The molecule has 0 bridgehead atoms. The van der Waals surface area contributed by atoms with Crippen molar-refractivity contribution in [2.75, 3.05) is 0 Å². The number of phenols is 1. The fraction of sp³-hybridized carbons (Fsp3) is 0.300. The molecule has 0 saturated carbocycles. The third-order valence-electron chi connectivity index (χ3n) is 1.99. The molecule has 0 amide bonds. The van der Waals surface area contributed by atoms with Crippen LogP contribution in [0.2, 0.25) is 0 Å². The van der Waals surface area contributed by atoms with Gasteiger partial charge in [0.2, 0.25) is 0 Å². The summed E-state index contributed by atoms with van der Waals surface area (Å²) < 4.78 is 12.8. The molecular weight excluding hydrogens is 219 g/mol. The zero-order valence-electron chi connectivity index (χ0n) is 8.17. The van der Waals surface area contributed by atoms with Gasteiger partial charge in [-0.2, -0.15) is 0 Å². The SMILES string of the molecule is O=C(O)CC(O)C(O)c1cc(O)cc(F)c1. The van der Waals surface area contributed by atoms with Crippen molar-refractivity contribution in [3.63, 3.8) is 0 Å². The Morgan fingerprint density at radius 3 is 2.44 bits per heavy atom. The van der Waals surface area contributed by atoms with Gasteiger partial charge in [0.25, 0.3) is 0 Å². The van der Waals surface area contributed by atoms with Gasteiger partial charge in [-0.3, -0.25) is 4.79 Å². The van der Waals surface area contributed by atoms with Gasteiger partial charge in [0.15, 0.2) is 0 Å². The van der Waals surface area contributed by atoms with Crippen LogP contribution >= 0.6 is 0 Å². The van der Waals surface area contributed by atoms with Gasteiger partial charge < -0.3 is 20.4 Å². The first-order chi connectivity index (χ1) is 7.40. The van der Waals surface area contributed by atoms with Crippen LogP contribution in [0.1, 0.15) is 18.1 Å². The number of aliphatic hydroxyl groups excluding tert-OH is 2. The largest absolute Gasteiger partial charge is 0.508 e. The highest BCUT2D eigenvalue weighted by atomic mass is 19.1. The van der Waals surface area contributed by atoms with E-state index in [2.05, 4.69) is 0 Å². The maximum absolute atomic E-state index is 12.8. The van der Waals surface area contributed by atoms with Crippen LogP contribution < -0.4 is 0 Å². The molecule has 4 N–H and O–H groups in total. The zero-order chi connectivity index (χ0) is 12.3. The summed E-state index contributed by atoms with van der Waals surface area (Å²) in [5.41, 5.74) is -0.0775. The number of aliphatic carboxylic acids is 1. The highest BCUT2D eigenvalue weighted by Crippen LogP contribution is 2.23. The van der Waals surface area contributed by atoms with Crippen molar-refractivity contribution in [3.05, 3.63) is 29.6 Å². The van der Waals surface area contributed by atoms with Crippen LogP contribution in [0.3, 0.4) is 0 Å². The van der Waals surface area contributed by atoms with Gasteiger partial charge in [0.1, 0.15) is 17.7 Å². The summed E-state index contributed by atoms with van der Waals surface area (Å²) in [6.45, 7) is 0. The third kappa shape index (κ3) is 3.18. The Hall–Kier alpha value is -1.66. The van der Waals surface area contributed by atoms with Crippen molar-refractivity contribution < 1.29 is 29.6 Å². The molecule has 0 aliphatic rings. The fourth-order valence-electron chi connectivity index (χ4n) is 1.28. The van der Waals surface area contributed by atoms with Gasteiger partial charge in [-0.1, -0.05) is 0 Å². The number of aromatic hydroxyl groups is 1. The molecule has 16 heavy (non-hydrogen) atoms. The molecule has 2 atom stereocenters. The number of hydrogen-bond acceptors (Lipinski definition) is 4. The third-order valence-corrected chi connectivity index (χ3v) is 1.99. The highest BCUT2D eigenvalue weighted by Gasteiger charge is 2.22. The van der Waals surface area contributed by atoms with E-state index in [9.17, 15) is 19.4 Å². The van der Waals surface area contributed by atoms with E-state index in [0.29, 0.717) is 0 Å². The number of aliphatic hydroxyl groups is 2. The van der Waals surface area contributed by atoms with Gasteiger partial charge in [0, 0.05) is 6.07 Å². The van der Waals surface area contributed by atoms with Crippen LogP contribution in [0, 0.1) is 5.82 Å². The Kier molecular flexibility index (Phi) is 3.81. The second-order valence-corrected chi connectivity index (χ2v) is 3.35. The lowest BCUT2D eigenvalue weighted by molar-refractivity contribution is -0.141. The molecule has 1 aromatic carbocycles. The monoisotopic (exact) mass is 230 g/mol. The normalized spacial score (nSPS) is 14.4. The van der Waals surface area contributed by atoms with Crippen LogP contribution in [-0.2, 0) is 4.79 Å². The molecule has 0 saturated heterocycles. The van der Waals surface area contributed by atoms with Crippen molar-refractivity contribution in [1.29, 1.82) is 0 Å². The summed E-state index contributed by atoms with van der Waals surface area (Å²) >= 11 is 0. The molecule has 0 aliphatic carbocycles. The second kappa shape index (κ2) is 4.91. The summed E-state index contributed by atoms with van der Waals surface area (Å²) in [5, 5.41) is 36.2. The van der Waals surface area contributed by atoms with Crippen LogP contribution in [-0.4, -0.2) is 32.5 Å². The predicted octanol–water partition coefficient (Wildman–Crippen LogP) is 0.400. The van der Waals surface area contributed by atoms with E-state index in [1.165, 1.54) is 0 Å². The Morgan fingerprint density at radius 2 is 1.94 bits per heavy atom. The quantitative estimate of drug-likeness (QED) is 0.600. The lowest BCUT2D eigenvalue weighted by Gasteiger charge is -2.16. The fourth-order valence-corrected chi connectivity index (χ4v) is 1.28. The van der Waals surface area contributed by atoms with E-state index in [0.717, 1.165) is 18.2 Å². The average Bonchev–Trinajstić information content (AvgIpc) is 2.13. The topological polar surface area (TPSA) is 98.0 Å². The summed E-state index contributed by atoms with van der Waals surface area (Å²) in [4.78, 5) is 10.3. The van der Waals surface area contributed by atoms with E-state index in [1.54, 1.807) is 0 Å². The summed E-state index contributed by atoms with van der Waals surface area (Å²) in [5.74, 6) is -2.47. The maximum atomic E-state index is 12.8. The van der Waals surface area contributed by atoms with Crippen molar-refractivity contribution in [2.45, 2.75) is 18.6 Å². The predicted molar refractivity (Wildman–Crippen MR) is 51.3 cm³/mol. The number of rotatable bonds is 4. The van der Waals surface area contributed by atoms with Gasteiger partial charge in [-0.05, 0) is 17.7 Å². The van der Waals surface area contributed by atoms with Crippen molar-refractivity contribution in [3.8, 4) is 5.75 Å². The molecule has 88 valence electrons. The number of carbonyl (C=O) groups is 1. The summed E-state index contributed by atoms with van der Waals surface area (Å²) in [6.07, 6.45) is -3.78. The minimum absolute atomic E-state index is 0.0775. The van der Waals surface area contributed by atoms with Gasteiger partial charge >= 0.3 is 5.97 Å². The number of phenolic OH excluding ortho intramolecular Hbond substituents is 1. The van der Waals surface area contributed by atoms with Crippen LogP contribution in [0.5, 0.6) is 5.75 Å². The second-order valence-electron chi connectivity index (χ2n) is 3.35. The molecule has 0 radical (unpaired) electrons. The van der Waals surface area contributed by atoms with E-state index in [-0.39, 0.29) is 5.56 Å². The first-order valence-electron chi connectivity index (χ1n) is 4.47. The molecule has 6 heteroatoms. The van der Waals surface area contributed by atoms with Crippen LogP contribution in [0.25, 0.3) is 0 Å². The molecule has 1 aromatic rings. The molecule has 5 nitrogen and oxygen atoms in total. The minimum Gasteiger partial charge on any atom is -0.508 e. The number of halogens is 1. The first-order valence-corrected chi connectivity index (χ1v) is 4.47. The van der Waals surface area contributed by atoms with Crippen molar-refractivity contribution >= 4 is 5.97 Å². The van der Waals surface area contributed by atoms with E-state index >= 15 is 0 Å². The molecule has 2 unspecified atom stereocenters. The highest BCUT2D eigenvalue weighted by molar-refractivity contribution is 5.67. The molecule has 0 fully saturated rings. The Bertz CT molecular complexity index is 373. The van der Waals surface area contributed by atoms with E-state index in [1.807, 2.05) is 0 Å². The number of benzene rings is 1.